The van der Waals surface area contributed by atoms with Crippen molar-refractivity contribution in [1.29, 1.82) is 0 Å². The SMILES string of the molecule is CNC(=O)c1csc(N2CCC(SC3=C(C(=O)O)N4C(=O)C(C(C)O)C4[C@H]3C)CC2)n1. The molecule has 0 bridgehead atoms. The molecule has 4 heterocycles. The lowest BCUT2D eigenvalue weighted by Crippen LogP contribution is -2.63. The molecule has 0 spiro atoms. The molecular weight excluding hydrogens is 440 g/mol. The van der Waals surface area contributed by atoms with E-state index in [1.165, 1.54) is 16.2 Å². The number of hydrogen-bond donors (Lipinski definition) is 3. The number of nitrogens with zero attached hydrogens (tertiary/aromatic N) is 3. The second-order valence-corrected chi connectivity index (χ2v) is 10.3. The topological polar surface area (TPSA) is 123 Å². The van der Waals surface area contributed by atoms with Gasteiger partial charge >= 0.3 is 5.97 Å². The van der Waals surface area contributed by atoms with Gasteiger partial charge in [0.05, 0.1) is 18.1 Å². The van der Waals surface area contributed by atoms with E-state index >= 15 is 0 Å². The second kappa shape index (κ2) is 8.44. The van der Waals surface area contributed by atoms with Crippen molar-refractivity contribution in [3.05, 3.63) is 21.7 Å². The van der Waals surface area contributed by atoms with E-state index in [-0.39, 0.29) is 34.7 Å². The molecule has 0 radical (unpaired) electrons. The zero-order valence-corrected chi connectivity index (χ0v) is 19.2. The lowest BCUT2D eigenvalue weighted by atomic mass is 9.79. The molecule has 3 unspecified atom stereocenters. The van der Waals surface area contributed by atoms with Crippen molar-refractivity contribution >= 4 is 46.0 Å². The summed E-state index contributed by atoms with van der Waals surface area (Å²) in [4.78, 5) is 44.8. The van der Waals surface area contributed by atoms with E-state index in [2.05, 4.69) is 15.2 Å². The molecule has 0 aliphatic carbocycles. The van der Waals surface area contributed by atoms with Crippen LogP contribution < -0.4 is 10.2 Å². The van der Waals surface area contributed by atoms with Crippen LogP contribution >= 0.6 is 23.1 Å². The normalized spacial score (nSPS) is 27.2. The van der Waals surface area contributed by atoms with Gasteiger partial charge in [-0.1, -0.05) is 6.92 Å². The number of piperidine rings is 1. The third-order valence-electron chi connectivity index (χ3n) is 6.27. The van der Waals surface area contributed by atoms with Gasteiger partial charge in [0.15, 0.2) is 5.13 Å². The number of carbonyl (C=O) groups is 3. The van der Waals surface area contributed by atoms with Gasteiger partial charge in [0.1, 0.15) is 11.4 Å². The van der Waals surface area contributed by atoms with Crippen LogP contribution in [0.2, 0.25) is 0 Å². The number of rotatable bonds is 6. The number of thioether (sulfide) groups is 1. The van der Waals surface area contributed by atoms with Crippen LogP contribution in [0, 0.1) is 11.8 Å². The van der Waals surface area contributed by atoms with Crippen LogP contribution in [0.15, 0.2) is 16.0 Å². The highest BCUT2D eigenvalue weighted by Crippen LogP contribution is 2.52. The first-order valence-electron chi connectivity index (χ1n) is 10.3. The summed E-state index contributed by atoms with van der Waals surface area (Å²) >= 11 is 3.01. The maximum atomic E-state index is 12.5. The van der Waals surface area contributed by atoms with Gasteiger partial charge in [0.25, 0.3) is 5.91 Å². The summed E-state index contributed by atoms with van der Waals surface area (Å²) < 4.78 is 0. The lowest BCUT2D eigenvalue weighted by Gasteiger charge is -2.46. The van der Waals surface area contributed by atoms with Gasteiger partial charge in [-0.05, 0) is 19.8 Å². The fraction of sp³-hybridized carbons (Fsp3) is 0.600. The largest absolute Gasteiger partial charge is 0.477 e. The highest BCUT2D eigenvalue weighted by Gasteiger charge is 2.60. The van der Waals surface area contributed by atoms with E-state index in [0.717, 1.165) is 36.0 Å². The summed E-state index contributed by atoms with van der Waals surface area (Å²) in [7, 11) is 1.58. The molecule has 3 aliphatic rings. The molecule has 4 atom stereocenters. The summed E-state index contributed by atoms with van der Waals surface area (Å²) in [5.74, 6) is -2.24. The van der Waals surface area contributed by atoms with Gasteiger partial charge in [0.2, 0.25) is 5.91 Å². The third kappa shape index (κ3) is 3.72. The first kappa shape index (κ1) is 22.1. The van der Waals surface area contributed by atoms with E-state index in [0.29, 0.717) is 5.69 Å². The molecule has 1 aromatic rings. The Morgan fingerprint density at radius 3 is 2.61 bits per heavy atom. The van der Waals surface area contributed by atoms with Gasteiger partial charge in [-0.3, -0.25) is 9.59 Å². The molecule has 2 amide bonds. The molecule has 3 N–H and O–H groups in total. The van der Waals surface area contributed by atoms with Crippen molar-refractivity contribution < 1.29 is 24.6 Å². The maximum Gasteiger partial charge on any atom is 0.353 e. The summed E-state index contributed by atoms with van der Waals surface area (Å²) in [5.41, 5.74) is 0.499. The van der Waals surface area contributed by atoms with E-state index in [4.69, 9.17) is 0 Å². The number of nitrogens with one attached hydrogen (secondary N) is 1. The number of aliphatic hydroxyl groups is 1. The number of amides is 2. The smallest absolute Gasteiger partial charge is 0.353 e. The summed E-state index contributed by atoms with van der Waals surface area (Å²) in [6, 6.07) is -0.278. The zero-order chi connectivity index (χ0) is 22.4. The fourth-order valence-corrected chi connectivity index (χ4v) is 6.98. The standard InChI is InChI=1S/C20H26N4O5S2/c1-9-14-13(10(2)25)18(27)24(14)15(19(28)29)16(9)31-11-4-6-23(7-5-11)20-22-12(8-30-20)17(26)21-3/h8-11,13-14,25H,4-7H2,1-3H3,(H,21,26)(H,28,29)/t9-,10?,13?,14?/m1/s1. The molecule has 9 nitrogen and oxygen atoms in total. The summed E-state index contributed by atoms with van der Waals surface area (Å²) in [5, 5.41) is 25.1. The van der Waals surface area contributed by atoms with Gasteiger partial charge < -0.3 is 25.3 Å². The average molecular weight is 467 g/mol. The van der Waals surface area contributed by atoms with E-state index in [9.17, 15) is 24.6 Å². The molecular formula is C20H26N4O5S2. The van der Waals surface area contributed by atoms with Crippen molar-refractivity contribution in [3.8, 4) is 0 Å². The van der Waals surface area contributed by atoms with Crippen LogP contribution in [-0.4, -0.2) is 75.4 Å². The van der Waals surface area contributed by atoms with Crippen LogP contribution in [0.3, 0.4) is 0 Å². The third-order valence-corrected chi connectivity index (χ3v) is 8.79. The van der Waals surface area contributed by atoms with Gasteiger partial charge in [0, 0.05) is 41.6 Å². The predicted octanol–water partition coefficient (Wildman–Crippen LogP) is 1.36. The summed E-state index contributed by atoms with van der Waals surface area (Å²) in [6.45, 7) is 5.07. The number of fused-ring (bicyclic) bond motifs is 1. The van der Waals surface area contributed by atoms with E-state index in [1.54, 1.807) is 31.1 Å². The number of thiazole rings is 1. The Labute approximate surface area is 188 Å². The zero-order valence-electron chi connectivity index (χ0n) is 17.6. The number of aliphatic hydroxyl groups excluding tert-OH is 1. The van der Waals surface area contributed by atoms with E-state index in [1.807, 2.05) is 6.92 Å². The van der Waals surface area contributed by atoms with Crippen LogP contribution in [-0.2, 0) is 9.59 Å². The van der Waals surface area contributed by atoms with E-state index < -0.39 is 18.0 Å². The Morgan fingerprint density at radius 2 is 2.03 bits per heavy atom. The second-order valence-electron chi connectivity index (χ2n) is 8.17. The molecule has 4 rings (SSSR count). The van der Waals surface area contributed by atoms with Gasteiger partial charge in [-0.15, -0.1) is 23.1 Å². The Bertz CT molecular complexity index is 938. The van der Waals surface area contributed by atoms with Gasteiger partial charge in [-0.25, -0.2) is 9.78 Å². The minimum Gasteiger partial charge on any atom is -0.477 e. The van der Waals surface area contributed by atoms with Crippen LogP contribution in [0.5, 0.6) is 0 Å². The lowest BCUT2D eigenvalue weighted by molar-refractivity contribution is -0.163. The van der Waals surface area contributed by atoms with Crippen molar-refractivity contribution in [2.75, 3.05) is 25.0 Å². The monoisotopic (exact) mass is 466 g/mol. The Kier molecular flexibility index (Phi) is 6.01. The number of carbonyl (C=O) groups excluding carboxylic acids is 2. The van der Waals surface area contributed by atoms with Crippen LogP contribution in [0.1, 0.15) is 37.2 Å². The van der Waals surface area contributed by atoms with Crippen LogP contribution in [0.25, 0.3) is 0 Å². The van der Waals surface area contributed by atoms with Crippen molar-refractivity contribution in [1.82, 2.24) is 15.2 Å². The number of aromatic nitrogens is 1. The fourth-order valence-electron chi connectivity index (χ4n) is 4.67. The molecule has 3 aliphatic heterocycles. The molecule has 0 aromatic carbocycles. The molecule has 31 heavy (non-hydrogen) atoms. The molecule has 1 aromatic heterocycles. The average Bonchev–Trinajstić information content (AvgIpc) is 3.31. The molecule has 168 valence electrons. The predicted molar refractivity (Wildman–Crippen MR) is 118 cm³/mol. The molecule has 11 heteroatoms. The number of β-lactam (4-membered cyclic amide) rings is 1. The minimum absolute atomic E-state index is 0.0852. The number of carboxylic acids is 1. The van der Waals surface area contributed by atoms with Crippen molar-refractivity contribution in [2.24, 2.45) is 11.8 Å². The van der Waals surface area contributed by atoms with Gasteiger partial charge in [-0.2, -0.15) is 0 Å². The van der Waals surface area contributed by atoms with Crippen molar-refractivity contribution in [2.45, 2.75) is 44.1 Å². The molecule has 0 saturated carbocycles. The van der Waals surface area contributed by atoms with Crippen molar-refractivity contribution in [3.63, 3.8) is 0 Å². The minimum atomic E-state index is -1.09. The molecule has 2 saturated heterocycles. The maximum absolute atomic E-state index is 12.5. The first-order valence-corrected chi connectivity index (χ1v) is 12.1. The Morgan fingerprint density at radius 1 is 1.35 bits per heavy atom. The summed E-state index contributed by atoms with van der Waals surface area (Å²) in [6.07, 6.45) is 0.902. The Hall–Kier alpha value is -2.11. The quantitative estimate of drug-likeness (QED) is 0.537. The highest BCUT2D eigenvalue weighted by molar-refractivity contribution is 8.03. The number of hydrogen-bond acceptors (Lipinski definition) is 8. The number of aliphatic carboxylic acids is 1. The number of carboxylic acid groups (broad SMARTS) is 1. The Balaban J connectivity index is 1.43. The highest BCUT2D eigenvalue weighted by atomic mass is 32.2. The molecule has 2 fully saturated rings. The number of anilines is 1. The van der Waals surface area contributed by atoms with Crippen LogP contribution in [0.4, 0.5) is 5.13 Å². The first-order chi connectivity index (χ1) is 14.7.